The number of aromatic amines is 2. The van der Waals surface area contributed by atoms with Crippen LogP contribution in [-0.4, -0.2) is 26.0 Å². The average Bonchev–Trinajstić information content (AvgIpc) is 3.52. The van der Waals surface area contributed by atoms with Gasteiger partial charge in [-0.25, -0.2) is 14.2 Å². The second kappa shape index (κ2) is 8.22. The van der Waals surface area contributed by atoms with Crippen LogP contribution in [0.3, 0.4) is 0 Å². The van der Waals surface area contributed by atoms with Crippen molar-refractivity contribution in [1.82, 2.24) is 15.0 Å². The van der Waals surface area contributed by atoms with Crippen LogP contribution in [0.5, 0.6) is 10.9 Å². The zero-order chi connectivity index (χ0) is 23.1. The number of carboxylic acid groups (broad SMARTS) is 1. The third-order valence-electron chi connectivity index (χ3n) is 5.47. The molecule has 0 spiro atoms. The van der Waals surface area contributed by atoms with Crippen LogP contribution in [0.1, 0.15) is 35.8 Å². The van der Waals surface area contributed by atoms with Crippen LogP contribution in [0.15, 0.2) is 60.2 Å². The molecule has 0 aliphatic rings. The Balaban J connectivity index is 1.74. The van der Waals surface area contributed by atoms with E-state index >= 15 is 0 Å². The van der Waals surface area contributed by atoms with E-state index in [1.165, 1.54) is 23.5 Å². The predicted octanol–water partition coefficient (Wildman–Crippen LogP) is 7.04. The van der Waals surface area contributed by atoms with Crippen LogP contribution < -0.4 is 4.74 Å². The molecule has 0 amide bonds. The lowest BCUT2D eigenvalue weighted by molar-refractivity contribution is 0.0692. The predicted molar refractivity (Wildman–Crippen MR) is 127 cm³/mol. The molecule has 166 valence electrons. The molecule has 5 rings (SSSR count). The topological polar surface area (TPSA) is 91.0 Å². The van der Waals surface area contributed by atoms with Gasteiger partial charge < -0.3 is 19.8 Å². The summed E-state index contributed by atoms with van der Waals surface area (Å²) in [5.41, 5.74) is 3.94. The average molecular weight is 462 g/mol. The summed E-state index contributed by atoms with van der Waals surface area (Å²) < 4.78 is 20.3. The lowest BCUT2D eigenvalue weighted by Crippen LogP contribution is -2.00. The van der Waals surface area contributed by atoms with Crippen molar-refractivity contribution in [3.63, 3.8) is 0 Å². The molecule has 33 heavy (non-hydrogen) atoms. The first kappa shape index (κ1) is 21.0. The van der Waals surface area contributed by atoms with Gasteiger partial charge in [0, 0.05) is 39.8 Å². The molecule has 6 nitrogen and oxygen atoms in total. The van der Waals surface area contributed by atoms with Crippen molar-refractivity contribution >= 4 is 28.2 Å². The number of carboxylic acids is 1. The summed E-state index contributed by atoms with van der Waals surface area (Å²) in [6.07, 6.45) is 3.40. The molecule has 0 unspecified atom stereocenters. The number of aromatic carboxylic acids is 1. The van der Waals surface area contributed by atoms with E-state index in [-0.39, 0.29) is 11.6 Å². The highest BCUT2D eigenvalue weighted by molar-refractivity contribution is 7.11. The van der Waals surface area contributed by atoms with Gasteiger partial charge in [-0.3, -0.25) is 0 Å². The van der Waals surface area contributed by atoms with E-state index in [9.17, 15) is 14.3 Å². The number of hydrogen-bond acceptors (Lipinski definition) is 4. The van der Waals surface area contributed by atoms with Crippen molar-refractivity contribution in [1.29, 1.82) is 0 Å². The number of H-pyrrole nitrogens is 2. The summed E-state index contributed by atoms with van der Waals surface area (Å²) in [5, 5.41) is 13.2. The first-order chi connectivity index (χ1) is 15.9. The van der Waals surface area contributed by atoms with Crippen molar-refractivity contribution in [3.8, 4) is 33.3 Å². The monoisotopic (exact) mass is 461 g/mol. The van der Waals surface area contributed by atoms with Crippen LogP contribution in [0.4, 0.5) is 4.39 Å². The highest BCUT2D eigenvalue weighted by Gasteiger charge is 2.27. The molecule has 0 saturated heterocycles. The number of nitrogens with one attached hydrogen (secondary N) is 2. The minimum Gasteiger partial charge on any atom is -0.477 e. The van der Waals surface area contributed by atoms with Gasteiger partial charge in [-0.1, -0.05) is 37.3 Å². The van der Waals surface area contributed by atoms with E-state index in [2.05, 4.69) is 15.0 Å². The van der Waals surface area contributed by atoms with Crippen LogP contribution in [0.2, 0.25) is 0 Å². The van der Waals surface area contributed by atoms with Crippen molar-refractivity contribution in [2.24, 2.45) is 0 Å². The molecular formula is C25H20FN3O3S. The summed E-state index contributed by atoms with van der Waals surface area (Å²) in [7, 11) is 0. The zero-order valence-corrected chi connectivity index (χ0v) is 18.7. The maximum atomic E-state index is 14.4. The van der Waals surface area contributed by atoms with Gasteiger partial charge in [0.25, 0.3) is 5.19 Å². The fourth-order valence-electron chi connectivity index (χ4n) is 4.18. The molecule has 8 heteroatoms. The Labute approximate surface area is 192 Å². The molecule has 0 radical (unpaired) electrons. The van der Waals surface area contributed by atoms with E-state index in [0.717, 1.165) is 10.9 Å². The van der Waals surface area contributed by atoms with Crippen LogP contribution >= 0.6 is 11.3 Å². The summed E-state index contributed by atoms with van der Waals surface area (Å²) in [5.74, 6) is -0.984. The van der Waals surface area contributed by atoms with Gasteiger partial charge in [-0.15, -0.1) is 0 Å². The standard InChI is InChI=1S/C25H20FN3O3S/c1-13(2)20-21(14-4-3-5-16(10-14)32-25-28-8-9-33-25)23(24(30)31)29-22(20)18-11-15(26)12-19-17(18)6-7-27-19/h3-13,27,29H,1-2H3,(H,30,31). The molecule has 2 aromatic carbocycles. The Morgan fingerprint density at radius 1 is 1.21 bits per heavy atom. The summed E-state index contributed by atoms with van der Waals surface area (Å²) in [6, 6.07) is 12.0. The molecule has 3 aromatic heterocycles. The maximum absolute atomic E-state index is 14.4. The Kier molecular flexibility index (Phi) is 5.22. The first-order valence-corrected chi connectivity index (χ1v) is 11.2. The highest BCUT2D eigenvalue weighted by Crippen LogP contribution is 2.43. The van der Waals surface area contributed by atoms with Crippen LogP contribution in [-0.2, 0) is 0 Å². The quantitative estimate of drug-likeness (QED) is 0.253. The number of rotatable bonds is 6. The van der Waals surface area contributed by atoms with Crippen molar-refractivity contribution in [2.45, 2.75) is 19.8 Å². The Morgan fingerprint density at radius 2 is 2.06 bits per heavy atom. The van der Waals surface area contributed by atoms with Gasteiger partial charge in [-0.2, -0.15) is 0 Å². The first-order valence-electron chi connectivity index (χ1n) is 10.4. The van der Waals surface area contributed by atoms with Gasteiger partial charge in [-0.05, 0) is 47.4 Å². The number of ether oxygens (including phenoxy) is 1. The number of benzene rings is 2. The number of nitrogens with zero attached hydrogens (tertiary/aromatic N) is 1. The van der Waals surface area contributed by atoms with Crippen molar-refractivity contribution in [2.75, 3.05) is 0 Å². The van der Waals surface area contributed by atoms with Gasteiger partial charge in [0.15, 0.2) is 0 Å². The molecule has 0 fully saturated rings. The Hall–Kier alpha value is -3.91. The second-order valence-corrected chi connectivity index (χ2v) is 8.80. The van der Waals surface area contributed by atoms with Gasteiger partial charge in [0.2, 0.25) is 0 Å². The minimum absolute atomic E-state index is 0.0415. The smallest absolute Gasteiger partial charge is 0.352 e. The largest absolute Gasteiger partial charge is 0.477 e. The van der Waals surface area contributed by atoms with Crippen LogP contribution in [0.25, 0.3) is 33.3 Å². The third-order valence-corrected chi connectivity index (χ3v) is 6.12. The number of thiazole rings is 1. The van der Waals surface area contributed by atoms with Gasteiger partial charge in [0.05, 0.1) is 5.69 Å². The molecular weight excluding hydrogens is 441 g/mol. The zero-order valence-electron chi connectivity index (χ0n) is 17.8. The van der Waals surface area contributed by atoms with Crippen molar-refractivity contribution < 1.29 is 19.0 Å². The fraction of sp³-hybridized carbons (Fsp3) is 0.120. The number of fused-ring (bicyclic) bond motifs is 1. The maximum Gasteiger partial charge on any atom is 0.352 e. The van der Waals surface area contributed by atoms with Gasteiger partial charge in [0.1, 0.15) is 17.3 Å². The lowest BCUT2D eigenvalue weighted by atomic mass is 9.90. The lowest BCUT2D eigenvalue weighted by Gasteiger charge is -2.13. The molecule has 0 bridgehead atoms. The van der Waals surface area contributed by atoms with E-state index in [1.807, 2.05) is 37.4 Å². The Bertz CT molecular complexity index is 1470. The molecule has 3 N–H and O–H groups in total. The van der Waals surface area contributed by atoms with E-state index in [1.54, 1.807) is 24.5 Å². The normalized spacial score (nSPS) is 11.4. The highest BCUT2D eigenvalue weighted by atomic mass is 32.1. The number of hydrogen-bond donors (Lipinski definition) is 3. The number of halogens is 1. The molecule has 5 aromatic rings. The van der Waals surface area contributed by atoms with E-state index < -0.39 is 11.8 Å². The summed E-state index contributed by atoms with van der Waals surface area (Å²) >= 11 is 1.37. The number of carbonyl (C=O) groups is 1. The van der Waals surface area contributed by atoms with Gasteiger partial charge >= 0.3 is 5.97 Å². The summed E-state index contributed by atoms with van der Waals surface area (Å²) in [4.78, 5) is 22.5. The second-order valence-electron chi connectivity index (χ2n) is 7.94. The number of aromatic nitrogens is 3. The van der Waals surface area contributed by atoms with E-state index in [0.29, 0.717) is 38.8 Å². The third kappa shape index (κ3) is 3.78. The van der Waals surface area contributed by atoms with E-state index in [4.69, 9.17) is 4.74 Å². The Morgan fingerprint density at radius 3 is 2.79 bits per heavy atom. The SMILES string of the molecule is CC(C)c1c(-c2cc(F)cc3[nH]ccc23)[nH]c(C(=O)O)c1-c1cccc(Oc2nccs2)c1. The van der Waals surface area contributed by atoms with Crippen LogP contribution in [0, 0.1) is 5.82 Å². The summed E-state index contributed by atoms with van der Waals surface area (Å²) in [6.45, 7) is 3.98. The molecule has 0 aliphatic heterocycles. The minimum atomic E-state index is -1.09. The molecule has 0 aliphatic carbocycles. The molecule has 0 atom stereocenters. The molecule has 0 saturated carbocycles. The fourth-order valence-corrected chi connectivity index (χ4v) is 4.68. The van der Waals surface area contributed by atoms with Crippen molar-refractivity contribution in [3.05, 3.63) is 77.3 Å². The molecule has 3 heterocycles.